The summed E-state index contributed by atoms with van der Waals surface area (Å²) in [5.74, 6) is -0.526. The molecule has 0 atom stereocenters. The van der Waals surface area contributed by atoms with E-state index in [9.17, 15) is 9.59 Å². The van der Waals surface area contributed by atoms with E-state index in [0.717, 1.165) is 43.6 Å². The maximum Gasteiger partial charge on any atom is 0.260 e. The minimum absolute atomic E-state index is 0.0973. The van der Waals surface area contributed by atoms with E-state index in [4.69, 9.17) is 0 Å². The van der Waals surface area contributed by atoms with Gasteiger partial charge in [0, 0.05) is 32.4 Å². The number of anilines is 1. The monoisotopic (exact) mass is 500 g/mol. The molecule has 1 N–H and O–H groups in total. The zero-order valence-corrected chi connectivity index (χ0v) is 19.8. The number of hydrazone groups is 1. The molecule has 164 valence electrons. The summed E-state index contributed by atoms with van der Waals surface area (Å²) < 4.78 is 3.13. The van der Waals surface area contributed by atoms with Crippen molar-refractivity contribution < 1.29 is 9.59 Å². The molecule has 0 bridgehead atoms. The van der Waals surface area contributed by atoms with Crippen LogP contribution in [0.25, 0.3) is 16.5 Å². The Bertz CT molecular complexity index is 1450. The molecule has 0 aliphatic carbocycles. The zero-order valence-electron chi connectivity index (χ0n) is 18.2. The largest absolute Gasteiger partial charge is 0.317 e. The minimum Gasteiger partial charge on any atom is -0.317 e. The van der Waals surface area contributed by atoms with Crippen molar-refractivity contribution in [1.29, 1.82) is 0 Å². The first-order valence-electron chi connectivity index (χ1n) is 10.5. The molecular formula is C26H21BrN4O2. The summed E-state index contributed by atoms with van der Waals surface area (Å²) in [4.78, 5) is 27.0. The van der Waals surface area contributed by atoms with Crippen LogP contribution in [0, 0.1) is 13.8 Å². The van der Waals surface area contributed by atoms with E-state index in [1.165, 1.54) is 4.90 Å². The zero-order chi connectivity index (χ0) is 23.1. The van der Waals surface area contributed by atoms with E-state index in [1.807, 2.05) is 74.5 Å². The van der Waals surface area contributed by atoms with Crippen LogP contribution < -0.4 is 10.3 Å². The number of hydrogen-bond acceptors (Lipinski definition) is 3. The summed E-state index contributed by atoms with van der Waals surface area (Å²) in [5.41, 5.74) is 7.95. The maximum absolute atomic E-state index is 12.9. The number of benzene rings is 3. The average Bonchev–Trinajstić information content (AvgIpc) is 3.24. The number of para-hydroxylation sites is 1. The summed E-state index contributed by atoms with van der Waals surface area (Å²) >= 11 is 3.61. The Hall–Kier alpha value is -3.71. The van der Waals surface area contributed by atoms with Crippen LogP contribution in [0.4, 0.5) is 5.69 Å². The molecule has 0 radical (unpaired) electrons. The molecule has 2 heterocycles. The summed E-state index contributed by atoms with van der Waals surface area (Å²) in [6.07, 6.45) is 1.63. The van der Waals surface area contributed by atoms with Crippen molar-refractivity contribution in [3.63, 3.8) is 0 Å². The van der Waals surface area contributed by atoms with Gasteiger partial charge in [-0.2, -0.15) is 5.10 Å². The van der Waals surface area contributed by atoms with Crippen molar-refractivity contribution in [2.45, 2.75) is 13.8 Å². The van der Waals surface area contributed by atoms with E-state index in [2.05, 4.69) is 31.0 Å². The van der Waals surface area contributed by atoms with Gasteiger partial charge in [0.2, 0.25) is 0 Å². The summed E-state index contributed by atoms with van der Waals surface area (Å²) in [6.45, 7) is 3.94. The number of carbonyl (C=O) groups is 2. The smallest absolute Gasteiger partial charge is 0.260 e. The topological polar surface area (TPSA) is 66.7 Å². The summed E-state index contributed by atoms with van der Waals surface area (Å²) in [7, 11) is 0. The van der Waals surface area contributed by atoms with Gasteiger partial charge in [0.25, 0.3) is 11.8 Å². The lowest BCUT2D eigenvalue weighted by atomic mass is 10.1. The van der Waals surface area contributed by atoms with Gasteiger partial charge in [-0.25, -0.2) is 5.43 Å². The highest BCUT2D eigenvalue weighted by molar-refractivity contribution is 9.10. The van der Waals surface area contributed by atoms with Gasteiger partial charge in [0.1, 0.15) is 6.54 Å². The number of nitrogens with one attached hydrogen (secondary N) is 1. The molecule has 0 saturated carbocycles. The second-order valence-electron chi connectivity index (χ2n) is 7.98. The van der Waals surface area contributed by atoms with Gasteiger partial charge in [-0.3, -0.25) is 14.5 Å². The predicted molar refractivity (Wildman–Crippen MR) is 134 cm³/mol. The first-order valence-corrected chi connectivity index (χ1v) is 11.3. The molecule has 4 aromatic rings. The third-order valence-electron chi connectivity index (χ3n) is 5.91. The number of rotatable bonds is 5. The summed E-state index contributed by atoms with van der Waals surface area (Å²) in [5, 5.41) is 6.03. The van der Waals surface area contributed by atoms with Crippen molar-refractivity contribution >= 4 is 50.4 Å². The van der Waals surface area contributed by atoms with Gasteiger partial charge in [-0.1, -0.05) is 36.4 Å². The molecule has 1 aliphatic heterocycles. The first kappa shape index (κ1) is 21.2. The van der Waals surface area contributed by atoms with E-state index < -0.39 is 0 Å². The van der Waals surface area contributed by atoms with E-state index in [-0.39, 0.29) is 18.4 Å². The lowest BCUT2D eigenvalue weighted by Gasteiger charge is -2.16. The number of aryl methyl sites for hydroxylation is 1. The Morgan fingerprint density at radius 2 is 1.76 bits per heavy atom. The molecule has 0 saturated heterocycles. The van der Waals surface area contributed by atoms with E-state index in [0.29, 0.717) is 5.56 Å². The predicted octanol–water partition coefficient (Wildman–Crippen LogP) is 5.12. The van der Waals surface area contributed by atoms with Crippen LogP contribution in [0.3, 0.4) is 0 Å². The van der Waals surface area contributed by atoms with Crippen molar-refractivity contribution in [2.24, 2.45) is 5.10 Å². The molecule has 3 aromatic carbocycles. The van der Waals surface area contributed by atoms with Gasteiger partial charge >= 0.3 is 0 Å². The highest BCUT2D eigenvalue weighted by Crippen LogP contribution is 2.36. The van der Waals surface area contributed by atoms with Crippen LogP contribution >= 0.6 is 15.9 Å². The second-order valence-corrected chi connectivity index (χ2v) is 8.83. The van der Waals surface area contributed by atoms with Crippen molar-refractivity contribution in [3.05, 3.63) is 93.7 Å². The standard InChI is InChI=1S/C26H21BrN4O2/c1-16-13-19(17(2)31(16)22-11-4-3-10-21(22)27)14-28-29-24(32)15-30-23-12-6-8-18-7-5-9-20(25(18)23)26(30)33/h3-14H,15H2,1-2H3,(H,29,32)/b28-14-. The van der Waals surface area contributed by atoms with Gasteiger partial charge in [0.05, 0.1) is 17.6 Å². The van der Waals surface area contributed by atoms with Crippen LogP contribution in [0.15, 0.2) is 76.3 Å². The Morgan fingerprint density at radius 1 is 1.03 bits per heavy atom. The molecule has 6 nitrogen and oxygen atoms in total. The third kappa shape index (κ3) is 3.64. The number of hydrogen-bond donors (Lipinski definition) is 1. The third-order valence-corrected chi connectivity index (χ3v) is 6.58. The van der Waals surface area contributed by atoms with E-state index >= 15 is 0 Å². The molecule has 2 amide bonds. The lowest BCUT2D eigenvalue weighted by molar-refractivity contribution is -0.119. The lowest BCUT2D eigenvalue weighted by Crippen LogP contribution is -2.37. The van der Waals surface area contributed by atoms with Gasteiger partial charge < -0.3 is 4.57 Å². The quantitative estimate of drug-likeness (QED) is 0.305. The molecule has 33 heavy (non-hydrogen) atoms. The highest BCUT2D eigenvalue weighted by atomic mass is 79.9. The molecule has 1 aliphatic rings. The van der Waals surface area contributed by atoms with Crippen LogP contribution in [-0.4, -0.2) is 29.1 Å². The maximum atomic E-state index is 12.9. The Balaban J connectivity index is 1.32. The van der Waals surface area contributed by atoms with Gasteiger partial charge in [0.15, 0.2) is 0 Å². The molecule has 5 rings (SSSR count). The minimum atomic E-state index is -0.357. The van der Waals surface area contributed by atoms with Gasteiger partial charge in [-0.05, 0) is 65.5 Å². The molecule has 7 heteroatoms. The molecular weight excluding hydrogens is 480 g/mol. The van der Waals surface area contributed by atoms with Crippen molar-refractivity contribution in [1.82, 2.24) is 9.99 Å². The molecule has 0 unspecified atom stereocenters. The highest BCUT2D eigenvalue weighted by Gasteiger charge is 2.30. The number of aromatic nitrogens is 1. The Labute approximate surface area is 199 Å². The van der Waals surface area contributed by atoms with Crippen molar-refractivity contribution in [3.8, 4) is 5.69 Å². The number of carbonyl (C=O) groups excluding carboxylic acids is 2. The van der Waals surface area contributed by atoms with Crippen LogP contribution in [0.5, 0.6) is 0 Å². The van der Waals surface area contributed by atoms with Crippen LogP contribution in [0.2, 0.25) is 0 Å². The number of amides is 2. The van der Waals surface area contributed by atoms with E-state index in [1.54, 1.807) is 12.3 Å². The molecule has 0 spiro atoms. The fraction of sp³-hybridized carbons (Fsp3) is 0.115. The van der Waals surface area contributed by atoms with Crippen LogP contribution in [0.1, 0.15) is 27.3 Å². The number of halogens is 1. The average molecular weight is 501 g/mol. The fourth-order valence-corrected chi connectivity index (χ4v) is 4.87. The fourth-order valence-electron chi connectivity index (χ4n) is 4.41. The summed E-state index contributed by atoms with van der Waals surface area (Å²) in [6, 6.07) is 21.4. The SMILES string of the molecule is Cc1cc(/C=N\NC(=O)CN2C(=O)c3cccc4cccc2c34)c(C)n1-c1ccccc1Br. The Morgan fingerprint density at radius 3 is 2.55 bits per heavy atom. The van der Waals surface area contributed by atoms with Crippen molar-refractivity contribution in [2.75, 3.05) is 11.4 Å². The molecule has 0 fully saturated rings. The molecule has 1 aromatic heterocycles. The second kappa shape index (κ2) is 8.33. The van der Waals surface area contributed by atoms with Gasteiger partial charge in [-0.15, -0.1) is 0 Å². The number of nitrogens with zero attached hydrogens (tertiary/aromatic N) is 3. The first-order chi connectivity index (χ1) is 16.0. The Kier molecular flexibility index (Phi) is 5.34. The normalized spacial score (nSPS) is 12.8. The van der Waals surface area contributed by atoms with Crippen LogP contribution in [-0.2, 0) is 4.79 Å².